The first-order valence-electron chi connectivity index (χ1n) is 15.9. The lowest BCUT2D eigenvalue weighted by molar-refractivity contribution is -0.281. The fourth-order valence-corrected chi connectivity index (χ4v) is 7.66. The maximum Gasteiger partial charge on any atom is 0.317 e. The summed E-state index contributed by atoms with van der Waals surface area (Å²) in [6, 6.07) is 12.8. The first kappa shape index (κ1) is 31.2. The smallest absolute Gasteiger partial charge is 0.317 e. The highest BCUT2D eigenvalue weighted by molar-refractivity contribution is 9.10. The Balaban J connectivity index is 1.16. The minimum atomic E-state index is -1.11. The van der Waals surface area contributed by atoms with E-state index in [9.17, 15) is 4.79 Å². The van der Waals surface area contributed by atoms with Crippen molar-refractivity contribution >= 4 is 52.3 Å². The Labute approximate surface area is 280 Å². The number of ether oxygens (including phenoxy) is 4. The second-order valence-electron chi connectivity index (χ2n) is 13.1. The normalized spacial score (nSPS) is 24.0. The van der Waals surface area contributed by atoms with Gasteiger partial charge in [-0.25, -0.2) is 4.79 Å². The van der Waals surface area contributed by atoms with Gasteiger partial charge in [0, 0.05) is 55.5 Å². The maximum atomic E-state index is 13.0. The SMILES string of the molecule is [B]C1(Br)C=Cc2c3c(c4cc(N5CCN(C(=O)NCCOC6(C(=C)C)CCO6)CC5)c(OC)cc4c2O1)-c1ccccc1C3(C)C. The Hall–Kier alpha value is -3.47. The summed E-state index contributed by atoms with van der Waals surface area (Å²) in [5, 5.41) is 5.03. The molecule has 0 spiro atoms. The van der Waals surface area contributed by atoms with Gasteiger partial charge in [0.05, 0.1) is 26.0 Å². The molecule has 3 aromatic rings. The molecule has 10 heteroatoms. The average molecular weight is 684 g/mol. The van der Waals surface area contributed by atoms with Gasteiger partial charge in [-0.2, -0.15) is 0 Å². The van der Waals surface area contributed by atoms with Crippen LogP contribution in [-0.4, -0.2) is 82.0 Å². The maximum absolute atomic E-state index is 13.0. The Bertz CT molecular complexity index is 1780. The molecule has 46 heavy (non-hydrogen) atoms. The molecule has 1 aliphatic carbocycles. The summed E-state index contributed by atoms with van der Waals surface area (Å²) >= 11 is 3.53. The summed E-state index contributed by atoms with van der Waals surface area (Å²) in [5.74, 6) is 0.789. The van der Waals surface area contributed by atoms with Crippen molar-refractivity contribution in [2.75, 3.05) is 57.9 Å². The highest BCUT2D eigenvalue weighted by Crippen LogP contribution is 2.58. The standard InChI is InChI=1S/C36H39BBrN3O5/c1-22(2)35(12-18-44-35)45-19-13-39-33(42)41-16-14-40(15-17-41)28-20-25-26(21-29(28)43-5)32-24(10-11-36(37,38)46-32)31-30(25)23-8-6-7-9-27(23)34(31,3)4/h6-11,20-21H,1,12-19H2,2-5H3,(H,39,42). The van der Waals surface area contributed by atoms with Gasteiger partial charge in [0.15, 0.2) is 13.6 Å². The van der Waals surface area contributed by atoms with E-state index in [1.165, 1.54) is 22.3 Å². The van der Waals surface area contributed by atoms with E-state index in [2.05, 4.69) is 89.0 Å². The van der Waals surface area contributed by atoms with Gasteiger partial charge in [-0.05, 0) is 74.3 Å². The number of halogens is 1. The van der Waals surface area contributed by atoms with Gasteiger partial charge in [-0.3, -0.25) is 0 Å². The van der Waals surface area contributed by atoms with Gasteiger partial charge >= 0.3 is 6.03 Å². The summed E-state index contributed by atoms with van der Waals surface area (Å²) < 4.78 is 22.8. The molecule has 2 radical (unpaired) electrons. The van der Waals surface area contributed by atoms with Gasteiger partial charge in [0.25, 0.3) is 0 Å². The van der Waals surface area contributed by atoms with Gasteiger partial charge in [-0.1, -0.05) is 50.8 Å². The molecule has 238 valence electrons. The number of nitrogens with zero attached hydrogens (tertiary/aromatic N) is 2. The lowest BCUT2D eigenvalue weighted by atomic mass is 9.78. The van der Waals surface area contributed by atoms with Crippen LogP contribution in [0.15, 0.2) is 54.6 Å². The van der Waals surface area contributed by atoms with Gasteiger partial charge in [0.2, 0.25) is 0 Å². The molecular weight excluding hydrogens is 645 g/mol. The zero-order valence-electron chi connectivity index (χ0n) is 26.9. The second kappa shape index (κ2) is 11.4. The van der Waals surface area contributed by atoms with Crippen LogP contribution in [0.3, 0.4) is 0 Å². The van der Waals surface area contributed by atoms with Crippen LogP contribution < -0.4 is 19.7 Å². The number of urea groups is 1. The van der Waals surface area contributed by atoms with E-state index in [0.29, 0.717) is 45.9 Å². The van der Waals surface area contributed by atoms with Crippen LogP contribution in [0.4, 0.5) is 10.5 Å². The molecule has 2 saturated heterocycles. The number of fused-ring (bicyclic) bond motifs is 8. The summed E-state index contributed by atoms with van der Waals surface area (Å²) in [5.41, 5.74) is 7.60. The summed E-state index contributed by atoms with van der Waals surface area (Å²) in [7, 11) is 8.12. The zero-order valence-corrected chi connectivity index (χ0v) is 28.5. The molecule has 4 aliphatic rings. The fourth-order valence-electron chi connectivity index (χ4n) is 7.36. The molecule has 2 fully saturated rings. The molecule has 0 bridgehead atoms. The molecule has 0 aromatic heterocycles. The van der Waals surface area contributed by atoms with Crippen molar-refractivity contribution in [2.24, 2.45) is 0 Å². The van der Waals surface area contributed by atoms with E-state index in [1.807, 2.05) is 17.9 Å². The Morgan fingerprint density at radius 1 is 1.15 bits per heavy atom. The molecule has 7 rings (SSSR count). The lowest BCUT2D eigenvalue weighted by Gasteiger charge is -2.42. The monoisotopic (exact) mass is 683 g/mol. The topological polar surface area (TPSA) is 72.5 Å². The highest BCUT2D eigenvalue weighted by Gasteiger charge is 2.42. The van der Waals surface area contributed by atoms with E-state index in [1.54, 1.807) is 7.11 Å². The number of hydrogen-bond acceptors (Lipinski definition) is 6. The molecule has 2 amide bonds. The van der Waals surface area contributed by atoms with Gasteiger partial charge < -0.3 is 34.1 Å². The highest BCUT2D eigenvalue weighted by atomic mass is 79.9. The number of amides is 2. The average Bonchev–Trinajstić information content (AvgIpc) is 3.26. The zero-order chi connectivity index (χ0) is 32.4. The predicted molar refractivity (Wildman–Crippen MR) is 186 cm³/mol. The third-order valence-corrected chi connectivity index (χ3v) is 10.3. The molecule has 1 N–H and O–H groups in total. The minimum absolute atomic E-state index is 0.0961. The first-order valence-corrected chi connectivity index (χ1v) is 16.6. The van der Waals surface area contributed by atoms with Crippen LogP contribution >= 0.6 is 15.9 Å². The number of alkyl halides is 1. The number of carbonyl (C=O) groups is 1. The van der Waals surface area contributed by atoms with E-state index < -0.39 is 10.2 Å². The van der Waals surface area contributed by atoms with Crippen LogP contribution in [0.25, 0.3) is 28.0 Å². The van der Waals surface area contributed by atoms with Crippen molar-refractivity contribution in [1.29, 1.82) is 0 Å². The van der Waals surface area contributed by atoms with E-state index >= 15 is 0 Å². The number of rotatable bonds is 7. The van der Waals surface area contributed by atoms with Crippen molar-refractivity contribution in [3.8, 4) is 22.6 Å². The summed E-state index contributed by atoms with van der Waals surface area (Å²) in [6.45, 7) is 14.4. The molecule has 8 nitrogen and oxygen atoms in total. The molecule has 3 heterocycles. The minimum Gasteiger partial charge on any atom is -0.495 e. The van der Waals surface area contributed by atoms with E-state index in [0.717, 1.165) is 45.5 Å². The van der Waals surface area contributed by atoms with Crippen LogP contribution in [0.1, 0.15) is 43.9 Å². The molecule has 0 saturated carbocycles. The summed E-state index contributed by atoms with van der Waals surface area (Å²) in [4.78, 5) is 17.2. The molecule has 2 atom stereocenters. The number of hydrogen-bond donors (Lipinski definition) is 1. The molecule has 3 aromatic carbocycles. The van der Waals surface area contributed by atoms with Crippen LogP contribution in [0, 0.1) is 0 Å². The van der Waals surface area contributed by atoms with Crippen molar-refractivity contribution in [3.05, 3.63) is 71.3 Å². The fraction of sp³-hybridized carbons (Fsp3) is 0.417. The van der Waals surface area contributed by atoms with Crippen molar-refractivity contribution in [1.82, 2.24) is 10.2 Å². The van der Waals surface area contributed by atoms with Crippen LogP contribution in [0.5, 0.6) is 11.5 Å². The van der Waals surface area contributed by atoms with E-state index in [4.69, 9.17) is 26.8 Å². The Morgan fingerprint density at radius 3 is 2.57 bits per heavy atom. The summed E-state index contributed by atoms with van der Waals surface area (Å²) in [6.07, 6.45) is 4.73. The number of methoxy groups -OCH3 is 1. The molecule has 3 aliphatic heterocycles. The van der Waals surface area contributed by atoms with Gasteiger partial charge in [0.1, 0.15) is 15.9 Å². The third-order valence-electron chi connectivity index (χ3n) is 9.87. The quantitative estimate of drug-likeness (QED) is 0.136. The van der Waals surface area contributed by atoms with Gasteiger partial charge in [-0.15, -0.1) is 0 Å². The number of carbonyl (C=O) groups excluding carboxylic acids is 1. The lowest BCUT2D eigenvalue weighted by Crippen LogP contribution is -2.53. The van der Waals surface area contributed by atoms with Crippen molar-refractivity contribution < 1.29 is 23.7 Å². The number of nitrogens with one attached hydrogen (secondary N) is 1. The molecule has 2 unspecified atom stereocenters. The first-order chi connectivity index (χ1) is 22.0. The van der Waals surface area contributed by atoms with Crippen LogP contribution in [-0.2, 0) is 14.9 Å². The number of anilines is 1. The number of benzene rings is 3. The third kappa shape index (κ3) is 5.00. The molecular formula is C36H39BBrN3O5. The van der Waals surface area contributed by atoms with E-state index in [-0.39, 0.29) is 11.4 Å². The number of piperazine rings is 1. The second-order valence-corrected chi connectivity index (χ2v) is 14.3. The Morgan fingerprint density at radius 2 is 1.89 bits per heavy atom. The predicted octanol–water partition coefficient (Wildman–Crippen LogP) is 6.32. The Kier molecular flexibility index (Phi) is 7.69. The largest absolute Gasteiger partial charge is 0.495 e. The van der Waals surface area contributed by atoms with Crippen molar-refractivity contribution in [2.45, 2.75) is 42.8 Å². The van der Waals surface area contributed by atoms with Crippen LogP contribution in [0.2, 0.25) is 0 Å². The van der Waals surface area contributed by atoms with Crippen molar-refractivity contribution in [3.63, 3.8) is 0 Å².